The van der Waals surface area contributed by atoms with Crippen molar-refractivity contribution < 1.29 is 19.4 Å². The van der Waals surface area contributed by atoms with E-state index >= 15 is 0 Å². The molecule has 0 fully saturated rings. The van der Waals surface area contributed by atoms with E-state index in [9.17, 15) is 9.59 Å². The second kappa shape index (κ2) is 7.23. The number of carbonyl (C=O) groups excluding carboxylic acids is 1. The first-order valence-corrected chi connectivity index (χ1v) is 8.17. The number of carboxylic acids is 1. The summed E-state index contributed by atoms with van der Waals surface area (Å²) in [4.78, 5) is 27.8. The topological polar surface area (TPSA) is 88.5 Å². The number of pyridine rings is 1. The van der Waals surface area contributed by atoms with E-state index in [-0.39, 0.29) is 12.2 Å². The molecular formula is C20H18N2O4. The second-order valence-electron chi connectivity index (χ2n) is 5.75. The van der Waals surface area contributed by atoms with Gasteiger partial charge in [0.1, 0.15) is 5.56 Å². The van der Waals surface area contributed by atoms with Crippen LogP contribution >= 0.6 is 0 Å². The van der Waals surface area contributed by atoms with Gasteiger partial charge in [0.2, 0.25) is 0 Å². The van der Waals surface area contributed by atoms with Gasteiger partial charge in [-0.25, -0.2) is 9.59 Å². The fraction of sp³-hybridized carbons (Fsp3) is 0.150. The summed E-state index contributed by atoms with van der Waals surface area (Å²) in [5.41, 5.74) is 3.53. The van der Waals surface area contributed by atoms with Crippen molar-refractivity contribution in [3.63, 3.8) is 0 Å². The number of benzene rings is 2. The molecule has 132 valence electrons. The van der Waals surface area contributed by atoms with E-state index in [4.69, 9.17) is 9.84 Å². The summed E-state index contributed by atoms with van der Waals surface area (Å²) in [7, 11) is 0. The van der Waals surface area contributed by atoms with E-state index in [0.717, 1.165) is 16.5 Å². The quantitative estimate of drug-likeness (QED) is 0.672. The first-order chi connectivity index (χ1) is 12.5. The number of nitrogens with zero attached hydrogens (tertiary/aromatic N) is 1. The van der Waals surface area contributed by atoms with Crippen LogP contribution in [0.4, 0.5) is 11.4 Å². The lowest BCUT2D eigenvalue weighted by molar-refractivity contribution is 0.0526. The van der Waals surface area contributed by atoms with Gasteiger partial charge in [0.05, 0.1) is 23.4 Å². The Morgan fingerprint density at radius 3 is 2.54 bits per heavy atom. The van der Waals surface area contributed by atoms with Gasteiger partial charge in [-0.3, -0.25) is 4.98 Å². The van der Waals surface area contributed by atoms with Crippen LogP contribution in [0.25, 0.3) is 10.9 Å². The van der Waals surface area contributed by atoms with E-state index in [1.807, 2.05) is 25.1 Å². The second-order valence-corrected chi connectivity index (χ2v) is 5.75. The maximum atomic E-state index is 12.3. The van der Waals surface area contributed by atoms with E-state index < -0.39 is 11.9 Å². The van der Waals surface area contributed by atoms with Gasteiger partial charge in [0, 0.05) is 17.3 Å². The van der Waals surface area contributed by atoms with Gasteiger partial charge in [-0.15, -0.1) is 0 Å². The Morgan fingerprint density at radius 2 is 1.88 bits per heavy atom. The average Bonchev–Trinajstić information content (AvgIpc) is 2.63. The third kappa shape index (κ3) is 3.35. The molecule has 2 N–H and O–H groups in total. The molecule has 2 aromatic carbocycles. The fourth-order valence-electron chi connectivity index (χ4n) is 2.71. The third-order valence-electron chi connectivity index (χ3n) is 4.00. The Bertz CT molecular complexity index is 981. The fourth-order valence-corrected chi connectivity index (χ4v) is 2.71. The lowest BCUT2D eigenvalue weighted by atomic mass is 10.1. The van der Waals surface area contributed by atoms with Gasteiger partial charge < -0.3 is 15.2 Å². The number of esters is 1. The zero-order valence-electron chi connectivity index (χ0n) is 14.4. The number of aryl methyl sites for hydroxylation is 1. The molecule has 0 spiro atoms. The summed E-state index contributed by atoms with van der Waals surface area (Å²) in [6, 6.07) is 12.0. The maximum Gasteiger partial charge on any atom is 0.341 e. The number of aromatic carboxylic acids is 1. The van der Waals surface area contributed by atoms with Crippen LogP contribution in [-0.2, 0) is 4.74 Å². The van der Waals surface area contributed by atoms with Crippen LogP contribution in [0.15, 0.2) is 48.7 Å². The highest BCUT2D eigenvalue weighted by atomic mass is 16.5. The molecule has 6 heteroatoms. The molecule has 0 aliphatic heterocycles. The standard InChI is InChI=1S/C20H18N2O4/c1-3-26-20(25)16-11-21-17-12(2)5-4-6-15(17)18(16)22-14-9-7-13(8-10-14)19(23)24/h4-11H,3H2,1-2H3,(H,21,22)(H,23,24). The third-order valence-corrected chi connectivity index (χ3v) is 4.00. The zero-order chi connectivity index (χ0) is 18.7. The first-order valence-electron chi connectivity index (χ1n) is 8.17. The van der Waals surface area contributed by atoms with Crippen molar-refractivity contribution in [1.29, 1.82) is 0 Å². The Hall–Kier alpha value is -3.41. The molecule has 0 aliphatic carbocycles. The first kappa shape index (κ1) is 17.4. The van der Waals surface area contributed by atoms with Crippen molar-refractivity contribution in [2.45, 2.75) is 13.8 Å². The molecule has 1 aromatic heterocycles. The molecule has 0 amide bonds. The number of para-hydroxylation sites is 1. The number of carboxylic acid groups (broad SMARTS) is 1. The van der Waals surface area contributed by atoms with Crippen molar-refractivity contribution in [2.24, 2.45) is 0 Å². The number of anilines is 2. The summed E-state index contributed by atoms with van der Waals surface area (Å²) in [5, 5.41) is 13.0. The molecular weight excluding hydrogens is 332 g/mol. The van der Waals surface area contributed by atoms with Gasteiger partial charge in [0.15, 0.2) is 0 Å². The molecule has 3 aromatic rings. The number of carbonyl (C=O) groups is 2. The molecule has 0 aliphatic rings. The van der Waals surface area contributed by atoms with E-state index in [1.54, 1.807) is 19.1 Å². The van der Waals surface area contributed by atoms with Crippen molar-refractivity contribution in [1.82, 2.24) is 4.98 Å². The number of aromatic nitrogens is 1. The molecule has 0 atom stereocenters. The monoisotopic (exact) mass is 350 g/mol. The number of nitrogens with one attached hydrogen (secondary N) is 1. The predicted molar refractivity (Wildman–Crippen MR) is 99.1 cm³/mol. The molecule has 0 unspecified atom stereocenters. The van der Waals surface area contributed by atoms with Crippen molar-refractivity contribution >= 4 is 34.2 Å². The smallest absolute Gasteiger partial charge is 0.341 e. The Labute approximate surface area is 150 Å². The predicted octanol–water partition coefficient (Wildman–Crippen LogP) is 4.16. The summed E-state index contributed by atoms with van der Waals surface area (Å²) in [5.74, 6) is -1.46. The summed E-state index contributed by atoms with van der Waals surface area (Å²) in [6.07, 6.45) is 1.50. The Kier molecular flexibility index (Phi) is 4.84. The molecule has 1 heterocycles. The highest BCUT2D eigenvalue weighted by molar-refractivity contribution is 6.06. The number of fused-ring (bicyclic) bond motifs is 1. The number of rotatable bonds is 5. The summed E-state index contributed by atoms with van der Waals surface area (Å²) >= 11 is 0. The number of hydrogen-bond acceptors (Lipinski definition) is 5. The van der Waals surface area contributed by atoms with Gasteiger partial charge in [-0.05, 0) is 43.7 Å². The number of ether oxygens (including phenoxy) is 1. The van der Waals surface area contributed by atoms with Gasteiger partial charge >= 0.3 is 11.9 Å². The largest absolute Gasteiger partial charge is 0.478 e. The van der Waals surface area contributed by atoms with Crippen LogP contribution in [0.1, 0.15) is 33.2 Å². The highest BCUT2D eigenvalue weighted by Gasteiger charge is 2.17. The van der Waals surface area contributed by atoms with E-state index in [1.165, 1.54) is 18.3 Å². The van der Waals surface area contributed by atoms with Crippen LogP contribution < -0.4 is 5.32 Å². The SMILES string of the molecule is CCOC(=O)c1cnc2c(C)cccc2c1Nc1ccc(C(=O)O)cc1. The molecule has 0 saturated heterocycles. The Morgan fingerprint density at radius 1 is 1.15 bits per heavy atom. The van der Waals surface area contributed by atoms with Crippen LogP contribution in [-0.4, -0.2) is 28.6 Å². The van der Waals surface area contributed by atoms with Gasteiger partial charge in [-0.1, -0.05) is 18.2 Å². The van der Waals surface area contributed by atoms with Crippen molar-refractivity contribution in [3.05, 3.63) is 65.4 Å². The number of hydrogen-bond donors (Lipinski definition) is 2. The van der Waals surface area contributed by atoms with Crippen molar-refractivity contribution in [3.8, 4) is 0 Å². The normalized spacial score (nSPS) is 10.5. The van der Waals surface area contributed by atoms with E-state index in [2.05, 4.69) is 10.3 Å². The van der Waals surface area contributed by atoms with Crippen LogP contribution in [0.3, 0.4) is 0 Å². The molecule has 3 rings (SSSR count). The van der Waals surface area contributed by atoms with E-state index in [0.29, 0.717) is 16.9 Å². The highest BCUT2D eigenvalue weighted by Crippen LogP contribution is 2.31. The maximum absolute atomic E-state index is 12.3. The minimum absolute atomic E-state index is 0.191. The molecule has 6 nitrogen and oxygen atoms in total. The zero-order valence-corrected chi connectivity index (χ0v) is 14.4. The summed E-state index contributed by atoms with van der Waals surface area (Å²) in [6.45, 7) is 3.95. The molecule has 0 radical (unpaired) electrons. The minimum atomic E-state index is -0.992. The molecule has 26 heavy (non-hydrogen) atoms. The summed E-state index contributed by atoms with van der Waals surface area (Å²) < 4.78 is 5.14. The minimum Gasteiger partial charge on any atom is -0.478 e. The van der Waals surface area contributed by atoms with Crippen LogP contribution in [0, 0.1) is 6.92 Å². The lowest BCUT2D eigenvalue weighted by Crippen LogP contribution is -2.09. The Balaban J connectivity index is 2.11. The average molecular weight is 350 g/mol. The van der Waals surface area contributed by atoms with Crippen LogP contribution in [0.5, 0.6) is 0 Å². The van der Waals surface area contributed by atoms with Crippen LogP contribution in [0.2, 0.25) is 0 Å². The van der Waals surface area contributed by atoms with Gasteiger partial charge in [-0.2, -0.15) is 0 Å². The molecule has 0 bridgehead atoms. The molecule has 0 saturated carbocycles. The lowest BCUT2D eigenvalue weighted by Gasteiger charge is -2.15. The van der Waals surface area contributed by atoms with Crippen molar-refractivity contribution in [2.75, 3.05) is 11.9 Å². The van der Waals surface area contributed by atoms with Gasteiger partial charge in [0.25, 0.3) is 0 Å².